The largest absolute Gasteiger partial charge is 0.444 e. The van der Waals surface area contributed by atoms with Crippen molar-refractivity contribution < 1.29 is 9.53 Å². The predicted molar refractivity (Wildman–Crippen MR) is 91.4 cm³/mol. The number of halogens is 1. The van der Waals surface area contributed by atoms with Crippen molar-refractivity contribution in [1.29, 1.82) is 0 Å². The van der Waals surface area contributed by atoms with Gasteiger partial charge in [-0.25, -0.2) is 4.79 Å². The van der Waals surface area contributed by atoms with Crippen molar-refractivity contribution in [3.05, 3.63) is 28.2 Å². The Morgan fingerprint density at radius 3 is 2.64 bits per heavy atom. The van der Waals surface area contributed by atoms with E-state index in [9.17, 15) is 4.79 Å². The first kappa shape index (κ1) is 15.7. The molecule has 3 rings (SSSR count). The van der Waals surface area contributed by atoms with Gasteiger partial charge in [0, 0.05) is 29.5 Å². The minimum atomic E-state index is -0.432. The average molecular weight is 367 g/mol. The maximum absolute atomic E-state index is 12.2. The lowest BCUT2D eigenvalue weighted by Crippen LogP contribution is -2.47. The molecule has 1 amide bonds. The number of likely N-dealkylation sites (tertiary alicyclic amines) is 1. The van der Waals surface area contributed by atoms with Crippen molar-refractivity contribution in [3.8, 4) is 0 Å². The van der Waals surface area contributed by atoms with Crippen LogP contribution in [-0.2, 0) is 10.2 Å². The molecular weight excluding hydrogens is 344 g/mol. The molecule has 22 heavy (non-hydrogen) atoms. The second kappa shape index (κ2) is 5.44. The van der Waals surface area contributed by atoms with E-state index >= 15 is 0 Å². The average Bonchev–Trinajstić information content (AvgIpc) is 2.78. The van der Waals surface area contributed by atoms with Crippen LogP contribution in [-0.4, -0.2) is 36.2 Å². The molecule has 0 aliphatic carbocycles. The van der Waals surface area contributed by atoms with Gasteiger partial charge in [-0.15, -0.1) is 0 Å². The zero-order valence-corrected chi connectivity index (χ0v) is 15.0. The summed E-state index contributed by atoms with van der Waals surface area (Å²) in [4.78, 5) is 14.0. The Labute approximate surface area is 140 Å². The normalized spacial score (nSPS) is 19.7. The van der Waals surface area contributed by atoms with Gasteiger partial charge >= 0.3 is 6.09 Å². The van der Waals surface area contributed by atoms with Crippen LogP contribution in [0.1, 0.15) is 39.2 Å². The Hall–Kier alpha value is -1.23. The summed E-state index contributed by atoms with van der Waals surface area (Å²) in [6.07, 6.45) is 1.76. The minimum Gasteiger partial charge on any atom is -0.444 e. The molecule has 1 fully saturated rings. The van der Waals surface area contributed by atoms with E-state index in [1.54, 1.807) is 0 Å². The van der Waals surface area contributed by atoms with Crippen LogP contribution in [0.2, 0.25) is 0 Å². The summed E-state index contributed by atoms with van der Waals surface area (Å²) in [6.45, 7) is 8.18. The molecule has 0 saturated carbocycles. The molecule has 1 saturated heterocycles. The van der Waals surface area contributed by atoms with Crippen LogP contribution >= 0.6 is 15.9 Å². The van der Waals surface area contributed by atoms with Crippen molar-refractivity contribution in [2.45, 2.75) is 44.6 Å². The topological polar surface area (TPSA) is 41.6 Å². The van der Waals surface area contributed by atoms with E-state index in [0.29, 0.717) is 0 Å². The standard InChI is InChI=1S/C17H23BrN2O2/c1-16(2,3)22-15(21)20-9-7-17(8-10-20)11-19-14-12(17)5-4-6-13(14)18/h4-6,19H,7-11H2,1-3H3. The molecule has 2 heterocycles. The number of ether oxygens (including phenoxy) is 1. The molecule has 0 unspecified atom stereocenters. The summed E-state index contributed by atoms with van der Waals surface area (Å²) in [6, 6.07) is 6.38. The highest BCUT2D eigenvalue weighted by Gasteiger charge is 2.43. The molecule has 120 valence electrons. The van der Waals surface area contributed by atoms with E-state index in [0.717, 1.165) is 36.9 Å². The number of fused-ring (bicyclic) bond motifs is 2. The molecule has 0 radical (unpaired) electrons. The molecule has 0 aromatic heterocycles. The molecule has 4 nitrogen and oxygen atoms in total. The number of nitrogens with zero attached hydrogens (tertiary/aromatic N) is 1. The van der Waals surface area contributed by atoms with Gasteiger partial charge < -0.3 is 15.0 Å². The fourth-order valence-corrected chi connectivity index (χ4v) is 3.89. The summed E-state index contributed by atoms with van der Waals surface area (Å²) in [7, 11) is 0. The van der Waals surface area contributed by atoms with E-state index in [2.05, 4.69) is 39.4 Å². The Balaban J connectivity index is 1.71. The van der Waals surface area contributed by atoms with Gasteiger partial charge in [-0.2, -0.15) is 0 Å². The molecule has 1 N–H and O–H groups in total. The number of rotatable bonds is 0. The zero-order chi connectivity index (χ0) is 16.0. The van der Waals surface area contributed by atoms with Gasteiger partial charge in [0.05, 0.1) is 5.69 Å². The molecule has 1 aromatic rings. The monoisotopic (exact) mass is 366 g/mol. The third kappa shape index (κ3) is 2.83. The van der Waals surface area contributed by atoms with Gasteiger partial charge in [0.2, 0.25) is 0 Å². The lowest BCUT2D eigenvalue weighted by atomic mass is 9.74. The number of carbonyl (C=O) groups is 1. The number of para-hydroxylation sites is 1. The lowest BCUT2D eigenvalue weighted by Gasteiger charge is -2.39. The van der Waals surface area contributed by atoms with Crippen molar-refractivity contribution in [2.24, 2.45) is 0 Å². The van der Waals surface area contributed by atoms with E-state index in [-0.39, 0.29) is 11.5 Å². The second-order valence-corrected chi connectivity index (χ2v) is 8.12. The Bertz CT molecular complexity index is 587. The van der Waals surface area contributed by atoms with E-state index in [1.165, 1.54) is 11.3 Å². The fraction of sp³-hybridized carbons (Fsp3) is 0.588. The molecule has 0 atom stereocenters. The van der Waals surface area contributed by atoms with Gasteiger partial charge in [-0.05, 0) is 61.2 Å². The number of benzene rings is 1. The number of amides is 1. The highest BCUT2D eigenvalue weighted by Crippen LogP contribution is 2.46. The summed E-state index contributed by atoms with van der Waals surface area (Å²) < 4.78 is 6.60. The number of anilines is 1. The van der Waals surface area contributed by atoms with Gasteiger partial charge in [-0.1, -0.05) is 12.1 Å². The van der Waals surface area contributed by atoms with Crippen molar-refractivity contribution in [3.63, 3.8) is 0 Å². The van der Waals surface area contributed by atoms with E-state index < -0.39 is 5.60 Å². The first-order valence-electron chi connectivity index (χ1n) is 7.82. The predicted octanol–water partition coefficient (Wildman–Crippen LogP) is 4.14. The number of carbonyl (C=O) groups excluding carboxylic acids is 1. The number of hydrogen-bond acceptors (Lipinski definition) is 3. The zero-order valence-electron chi connectivity index (χ0n) is 13.4. The number of piperidine rings is 1. The molecule has 2 aliphatic heterocycles. The van der Waals surface area contributed by atoms with Gasteiger partial charge in [-0.3, -0.25) is 0 Å². The smallest absolute Gasteiger partial charge is 0.410 e. The van der Waals surface area contributed by atoms with Crippen molar-refractivity contribution >= 4 is 27.7 Å². The third-order valence-corrected chi connectivity index (χ3v) is 5.22. The Morgan fingerprint density at radius 1 is 1.32 bits per heavy atom. The fourth-order valence-electron chi connectivity index (χ4n) is 3.39. The summed E-state index contributed by atoms with van der Waals surface area (Å²) in [5, 5.41) is 3.53. The SMILES string of the molecule is CC(C)(C)OC(=O)N1CCC2(CC1)CNc1c(Br)cccc12. The minimum absolute atomic E-state index is 0.150. The van der Waals surface area contributed by atoms with Gasteiger partial charge in [0.25, 0.3) is 0 Å². The maximum Gasteiger partial charge on any atom is 0.410 e. The van der Waals surface area contributed by atoms with Crippen LogP contribution in [0.5, 0.6) is 0 Å². The second-order valence-electron chi connectivity index (χ2n) is 7.26. The first-order chi connectivity index (χ1) is 10.3. The molecule has 1 aromatic carbocycles. The van der Waals surface area contributed by atoms with Crippen LogP contribution < -0.4 is 5.32 Å². The van der Waals surface area contributed by atoms with Crippen LogP contribution in [0.25, 0.3) is 0 Å². The highest BCUT2D eigenvalue weighted by molar-refractivity contribution is 9.10. The molecule has 5 heteroatoms. The summed E-state index contributed by atoms with van der Waals surface area (Å²) in [5.74, 6) is 0. The van der Waals surface area contributed by atoms with Gasteiger partial charge in [0.1, 0.15) is 5.60 Å². The van der Waals surface area contributed by atoms with Crippen molar-refractivity contribution in [2.75, 3.05) is 25.0 Å². The van der Waals surface area contributed by atoms with Crippen LogP contribution in [0.3, 0.4) is 0 Å². The third-order valence-electron chi connectivity index (χ3n) is 4.56. The lowest BCUT2D eigenvalue weighted by molar-refractivity contribution is 0.0172. The number of nitrogens with one attached hydrogen (secondary N) is 1. The molecule has 2 aliphatic rings. The molecular formula is C17H23BrN2O2. The summed E-state index contributed by atoms with van der Waals surface area (Å²) >= 11 is 3.62. The van der Waals surface area contributed by atoms with Crippen molar-refractivity contribution in [1.82, 2.24) is 4.90 Å². The first-order valence-corrected chi connectivity index (χ1v) is 8.61. The Kier molecular flexibility index (Phi) is 3.87. The maximum atomic E-state index is 12.2. The van der Waals surface area contributed by atoms with Gasteiger partial charge in [0.15, 0.2) is 0 Å². The van der Waals surface area contributed by atoms with Crippen LogP contribution in [0.15, 0.2) is 22.7 Å². The molecule has 0 bridgehead atoms. The molecule has 1 spiro atoms. The highest BCUT2D eigenvalue weighted by atomic mass is 79.9. The van der Waals surface area contributed by atoms with Crippen LogP contribution in [0, 0.1) is 0 Å². The van der Waals surface area contributed by atoms with E-state index in [1.807, 2.05) is 25.7 Å². The number of hydrogen-bond donors (Lipinski definition) is 1. The van der Waals surface area contributed by atoms with Crippen LogP contribution in [0.4, 0.5) is 10.5 Å². The quantitative estimate of drug-likeness (QED) is 0.749. The van der Waals surface area contributed by atoms with E-state index in [4.69, 9.17) is 4.74 Å². The summed E-state index contributed by atoms with van der Waals surface area (Å²) in [5.41, 5.74) is 2.31. The Morgan fingerprint density at radius 2 is 2.00 bits per heavy atom.